The number of carbonyl (C=O) groups is 1. The molecule has 0 radical (unpaired) electrons. The van der Waals surface area contributed by atoms with Crippen molar-refractivity contribution < 1.29 is 22.7 Å². The lowest BCUT2D eigenvalue weighted by Gasteiger charge is -2.43. The molecule has 3 heterocycles. The third-order valence-corrected chi connectivity index (χ3v) is 6.70. The SMILES string of the molecule is CC(F)(F)[C@H]1OC[C@]2(c3cc(NC(=O)c4ccc(C#N)cn4)ccc3F)NC(N)SC[C@H]12. The van der Waals surface area contributed by atoms with Crippen molar-refractivity contribution in [2.75, 3.05) is 17.7 Å². The number of carbonyl (C=O) groups excluding carboxylic acids is 1. The number of nitrogens with two attached hydrogens (primary N) is 1. The van der Waals surface area contributed by atoms with Crippen molar-refractivity contribution >= 4 is 23.4 Å². The van der Waals surface area contributed by atoms with E-state index >= 15 is 0 Å². The minimum absolute atomic E-state index is 0.0648. The van der Waals surface area contributed by atoms with E-state index in [1.54, 1.807) is 0 Å². The summed E-state index contributed by atoms with van der Waals surface area (Å²) < 4.78 is 48.9. The van der Waals surface area contributed by atoms with E-state index in [2.05, 4.69) is 15.6 Å². The van der Waals surface area contributed by atoms with E-state index in [1.165, 1.54) is 42.2 Å². The van der Waals surface area contributed by atoms with Crippen LogP contribution in [-0.2, 0) is 10.3 Å². The number of thioether (sulfide) groups is 1. The van der Waals surface area contributed by atoms with E-state index in [9.17, 15) is 18.0 Å². The van der Waals surface area contributed by atoms with Gasteiger partial charge < -0.3 is 15.8 Å². The van der Waals surface area contributed by atoms with Crippen LogP contribution in [0.5, 0.6) is 0 Å². The molecule has 168 valence electrons. The molecule has 11 heteroatoms. The molecular weight excluding hydrogens is 443 g/mol. The molecule has 0 saturated carbocycles. The average Bonchev–Trinajstić information content (AvgIpc) is 3.15. The fraction of sp³-hybridized carbons (Fsp3) is 0.381. The van der Waals surface area contributed by atoms with E-state index in [1.807, 2.05) is 6.07 Å². The van der Waals surface area contributed by atoms with Crippen LogP contribution in [0.3, 0.4) is 0 Å². The number of halogens is 3. The van der Waals surface area contributed by atoms with Crippen LogP contribution in [0.1, 0.15) is 28.5 Å². The number of ether oxygens (including phenoxy) is 1. The van der Waals surface area contributed by atoms with Gasteiger partial charge in [-0.3, -0.25) is 10.1 Å². The molecule has 1 aromatic carbocycles. The Bertz CT molecular complexity index is 1070. The zero-order valence-electron chi connectivity index (χ0n) is 16.9. The zero-order chi connectivity index (χ0) is 23.1. The Balaban J connectivity index is 1.66. The van der Waals surface area contributed by atoms with E-state index in [0.29, 0.717) is 5.56 Å². The summed E-state index contributed by atoms with van der Waals surface area (Å²) in [7, 11) is 0. The van der Waals surface area contributed by atoms with Gasteiger partial charge in [0.25, 0.3) is 11.8 Å². The molecule has 1 amide bonds. The van der Waals surface area contributed by atoms with Gasteiger partial charge in [0.2, 0.25) is 0 Å². The normalized spacial score (nSPS) is 27.4. The molecule has 2 saturated heterocycles. The van der Waals surface area contributed by atoms with Crippen LogP contribution in [0, 0.1) is 23.1 Å². The molecule has 7 nitrogen and oxygen atoms in total. The molecular formula is C21H20F3N5O2S. The standard InChI is InChI=1S/C21H20F3N5O2S/c1-20(23,24)17-14-9-32-19(26)29-21(14,10-31-17)13-6-12(3-4-15(13)22)28-18(30)16-5-2-11(7-25)8-27-16/h2-6,8,14,17,19,29H,9-10,26H2,1H3,(H,28,30)/t14-,17+,19?,21-/m1/s1. The molecule has 4 N–H and O–H groups in total. The maximum absolute atomic E-state index is 15.0. The number of hydrogen-bond donors (Lipinski definition) is 3. The number of aromatic nitrogens is 1. The highest BCUT2D eigenvalue weighted by molar-refractivity contribution is 7.99. The number of nitrogens with one attached hydrogen (secondary N) is 2. The Hall–Kier alpha value is -2.65. The van der Waals surface area contributed by atoms with Gasteiger partial charge in [0.1, 0.15) is 29.2 Å². The number of pyridine rings is 1. The van der Waals surface area contributed by atoms with Crippen LogP contribution in [-0.4, -0.2) is 40.8 Å². The summed E-state index contributed by atoms with van der Waals surface area (Å²) in [4.78, 5) is 16.5. The molecule has 0 aliphatic carbocycles. The summed E-state index contributed by atoms with van der Waals surface area (Å²) in [5, 5.41) is 14.5. The Labute approximate surface area is 186 Å². The Kier molecular flexibility index (Phi) is 5.89. The number of rotatable bonds is 4. The lowest BCUT2D eigenvalue weighted by molar-refractivity contribution is -0.113. The van der Waals surface area contributed by atoms with E-state index < -0.39 is 40.7 Å². The van der Waals surface area contributed by atoms with Gasteiger partial charge in [0, 0.05) is 36.0 Å². The summed E-state index contributed by atoms with van der Waals surface area (Å²) in [5.41, 5.74) is 4.87. The van der Waals surface area contributed by atoms with Gasteiger partial charge in [-0.1, -0.05) is 0 Å². The molecule has 4 atom stereocenters. The second-order valence-electron chi connectivity index (χ2n) is 7.86. The second-order valence-corrected chi connectivity index (χ2v) is 9.03. The molecule has 32 heavy (non-hydrogen) atoms. The minimum atomic E-state index is -3.13. The molecule has 0 spiro atoms. The smallest absolute Gasteiger partial charge is 0.274 e. The first-order valence-electron chi connectivity index (χ1n) is 9.76. The van der Waals surface area contributed by atoms with Gasteiger partial charge >= 0.3 is 0 Å². The van der Waals surface area contributed by atoms with Gasteiger partial charge in [-0.2, -0.15) is 5.26 Å². The minimum Gasteiger partial charge on any atom is -0.369 e. The predicted molar refractivity (Wildman–Crippen MR) is 112 cm³/mol. The molecule has 1 unspecified atom stereocenters. The number of nitrogens with zero attached hydrogens (tertiary/aromatic N) is 2. The van der Waals surface area contributed by atoms with Crippen LogP contribution in [0.15, 0.2) is 36.5 Å². The summed E-state index contributed by atoms with van der Waals surface area (Å²) >= 11 is 1.26. The third-order valence-electron chi connectivity index (χ3n) is 5.67. The molecule has 1 aromatic heterocycles. The summed E-state index contributed by atoms with van der Waals surface area (Å²) in [6.07, 6.45) is -0.143. The number of benzene rings is 1. The first kappa shape index (κ1) is 22.5. The second kappa shape index (κ2) is 8.37. The zero-order valence-corrected chi connectivity index (χ0v) is 17.8. The van der Waals surface area contributed by atoms with Crippen molar-refractivity contribution in [3.8, 4) is 6.07 Å². The van der Waals surface area contributed by atoms with Crippen molar-refractivity contribution in [3.63, 3.8) is 0 Å². The average molecular weight is 463 g/mol. The Morgan fingerprint density at radius 1 is 1.44 bits per heavy atom. The monoisotopic (exact) mass is 463 g/mol. The lowest BCUT2D eigenvalue weighted by atomic mass is 9.77. The van der Waals surface area contributed by atoms with Gasteiger partial charge in [-0.05, 0) is 30.3 Å². The quantitative estimate of drug-likeness (QED) is 0.639. The largest absolute Gasteiger partial charge is 0.369 e. The van der Waals surface area contributed by atoms with Crippen molar-refractivity contribution in [2.45, 2.75) is 30.0 Å². The van der Waals surface area contributed by atoms with Gasteiger partial charge in [0.15, 0.2) is 0 Å². The summed E-state index contributed by atoms with van der Waals surface area (Å²) in [5.74, 6) is -4.80. The molecule has 4 rings (SSSR count). The van der Waals surface area contributed by atoms with E-state index in [0.717, 1.165) is 13.0 Å². The highest BCUT2D eigenvalue weighted by Gasteiger charge is 2.60. The predicted octanol–water partition coefficient (Wildman–Crippen LogP) is 2.79. The first-order chi connectivity index (χ1) is 15.1. The summed E-state index contributed by atoms with van der Waals surface area (Å²) in [6, 6.07) is 8.69. The van der Waals surface area contributed by atoms with Crippen LogP contribution < -0.4 is 16.4 Å². The summed E-state index contributed by atoms with van der Waals surface area (Å²) in [6.45, 7) is 0.593. The number of hydrogen-bond acceptors (Lipinski definition) is 7. The van der Waals surface area contributed by atoms with Crippen LogP contribution >= 0.6 is 11.8 Å². The van der Waals surface area contributed by atoms with Gasteiger partial charge in [-0.15, -0.1) is 11.8 Å². The van der Waals surface area contributed by atoms with E-state index in [-0.39, 0.29) is 29.3 Å². The van der Waals surface area contributed by atoms with Gasteiger partial charge in [-0.25, -0.2) is 18.2 Å². The van der Waals surface area contributed by atoms with Crippen molar-refractivity contribution in [3.05, 3.63) is 59.2 Å². The van der Waals surface area contributed by atoms with Gasteiger partial charge in [0.05, 0.1) is 17.7 Å². The number of amides is 1. The number of anilines is 1. The molecule has 0 bridgehead atoms. The maximum Gasteiger partial charge on any atom is 0.274 e. The molecule has 2 aliphatic heterocycles. The van der Waals surface area contributed by atoms with E-state index in [4.69, 9.17) is 15.7 Å². The van der Waals surface area contributed by atoms with Crippen molar-refractivity contribution in [1.29, 1.82) is 5.26 Å². The Morgan fingerprint density at radius 3 is 2.88 bits per heavy atom. The van der Waals surface area contributed by atoms with Crippen molar-refractivity contribution in [1.82, 2.24) is 10.3 Å². The van der Waals surface area contributed by atoms with Crippen LogP contribution in [0.4, 0.5) is 18.9 Å². The highest BCUT2D eigenvalue weighted by Crippen LogP contribution is 2.49. The molecule has 2 aromatic rings. The first-order valence-corrected chi connectivity index (χ1v) is 10.8. The maximum atomic E-state index is 15.0. The lowest BCUT2D eigenvalue weighted by Crippen LogP contribution is -2.60. The number of fused-ring (bicyclic) bond motifs is 1. The fourth-order valence-electron chi connectivity index (χ4n) is 4.17. The van der Waals surface area contributed by atoms with Crippen LogP contribution in [0.2, 0.25) is 0 Å². The topological polar surface area (TPSA) is 113 Å². The molecule has 2 fully saturated rings. The fourth-order valence-corrected chi connectivity index (χ4v) is 5.34. The van der Waals surface area contributed by atoms with Crippen LogP contribution in [0.25, 0.3) is 0 Å². The Morgan fingerprint density at radius 2 is 2.22 bits per heavy atom. The highest BCUT2D eigenvalue weighted by atomic mass is 32.2. The molecule has 2 aliphatic rings. The van der Waals surface area contributed by atoms with Crippen molar-refractivity contribution in [2.24, 2.45) is 11.7 Å². The number of nitriles is 1. The third kappa shape index (κ3) is 4.06. The number of alkyl halides is 2.